The molecule has 20 heavy (non-hydrogen) atoms. The second-order valence-corrected chi connectivity index (χ2v) is 5.41. The van der Waals surface area contributed by atoms with Gasteiger partial charge in [-0.2, -0.15) is 0 Å². The fourth-order valence-corrected chi connectivity index (χ4v) is 2.81. The lowest BCUT2D eigenvalue weighted by Gasteiger charge is -2.29. The first-order valence-corrected chi connectivity index (χ1v) is 7.02. The molecule has 2 aromatic rings. The zero-order valence-electron chi connectivity index (χ0n) is 12.0. The van der Waals surface area contributed by atoms with Crippen LogP contribution in [0.2, 0.25) is 0 Å². The quantitative estimate of drug-likeness (QED) is 0.902. The van der Waals surface area contributed by atoms with Gasteiger partial charge in [-0.05, 0) is 60.9 Å². The molecule has 0 amide bonds. The highest BCUT2D eigenvalue weighted by Gasteiger charge is 2.15. The third-order valence-corrected chi connectivity index (χ3v) is 4.04. The molecule has 3 heteroatoms. The molecule has 0 aliphatic carbocycles. The number of phenols is 1. The van der Waals surface area contributed by atoms with Gasteiger partial charge in [-0.1, -0.05) is 0 Å². The Morgan fingerprint density at radius 2 is 1.75 bits per heavy atom. The number of nitrogens with zero attached hydrogens (tertiary/aromatic N) is 2. The maximum atomic E-state index is 9.37. The molecule has 104 valence electrons. The van der Waals surface area contributed by atoms with Crippen molar-refractivity contribution >= 4 is 17.1 Å². The van der Waals surface area contributed by atoms with E-state index < -0.39 is 0 Å². The Labute approximate surface area is 120 Å². The van der Waals surface area contributed by atoms with Gasteiger partial charge >= 0.3 is 0 Å². The van der Waals surface area contributed by atoms with Crippen LogP contribution >= 0.6 is 0 Å². The van der Waals surface area contributed by atoms with Crippen LogP contribution in [0.3, 0.4) is 0 Å². The molecule has 3 rings (SSSR count). The van der Waals surface area contributed by atoms with E-state index in [0.29, 0.717) is 5.75 Å². The molecule has 0 atom stereocenters. The maximum Gasteiger partial charge on any atom is 0.115 e. The largest absolute Gasteiger partial charge is 0.508 e. The molecular formula is C17H20N2O. The van der Waals surface area contributed by atoms with E-state index in [9.17, 15) is 5.11 Å². The van der Waals surface area contributed by atoms with Gasteiger partial charge in [0.25, 0.3) is 0 Å². The van der Waals surface area contributed by atoms with E-state index in [1.807, 2.05) is 12.1 Å². The Hall–Kier alpha value is -2.16. The summed E-state index contributed by atoms with van der Waals surface area (Å²) in [6.45, 7) is 1.14. The molecule has 3 nitrogen and oxygen atoms in total. The summed E-state index contributed by atoms with van der Waals surface area (Å²) in [7, 11) is 4.21. The minimum absolute atomic E-state index is 0.300. The lowest BCUT2D eigenvalue weighted by Crippen LogP contribution is -2.24. The van der Waals surface area contributed by atoms with Crippen molar-refractivity contribution in [1.82, 2.24) is 0 Å². The van der Waals surface area contributed by atoms with E-state index >= 15 is 0 Å². The van der Waals surface area contributed by atoms with Crippen molar-refractivity contribution in [2.24, 2.45) is 0 Å². The number of aromatic hydroxyl groups is 1. The van der Waals surface area contributed by atoms with Crippen LogP contribution in [0, 0.1) is 0 Å². The van der Waals surface area contributed by atoms with Gasteiger partial charge < -0.3 is 14.9 Å². The Kier molecular flexibility index (Phi) is 3.26. The lowest BCUT2D eigenvalue weighted by molar-refractivity contribution is 0.475. The predicted molar refractivity (Wildman–Crippen MR) is 84.2 cm³/mol. The average molecular weight is 268 g/mol. The van der Waals surface area contributed by atoms with Crippen LogP contribution in [0.1, 0.15) is 12.0 Å². The molecule has 0 saturated carbocycles. The SMILES string of the molecule is CN1CCCc2cc(N(C)c3ccc(O)cc3)ccc21. The molecule has 0 unspecified atom stereocenters. The molecular weight excluding hydrogens is 248 g/mol. The van der Waals surface area contributed by atoms with Crippen LogP contribution in [0.15, 0.2) is 42.5 Å². The monoisotopic (exact) mass is 268 g/mol. The van der Waals surface area contributed by atoms with E-state index in [1.165, 1.54) is 23.4 Å². The highest BCUT2D eigenvalue weighted by molar-refractivity contribution is 5.68. The molecule has 0 radical (unpaired) electrons. The summed E-state index contributed by atoms with van der Waals surface area (Å²) in [4.78, 5) is 4.47. The first-order chi connectivity index (χ1) is 9.65. The van der Waals surface area contributed by atoms with Gasteiger partial charge in [0.05, 0.1) is 0 Å². The molecule has 1 N–H and O–H groups in total. The highest BCUT2D eigenvalue weighted by atomic mass is 16.3. The van der Waals surface area contributed by atoms with Crippen LogP contribution < -0.4 is 9.80 Å². The summed E-state index contributed by atoms with van der Waals surface area (Å²) in [5, 5.41) is 9.37. The van der Waals surface area contributed by atoms with Crippen LogP contribution in [-0.4, -0.2) is 25.7 Å². The van der Waals surface area contributed by atoms with E-state index in [4.69, 9.17) is 0 Å². The topological polar surface area (TPSA) is 26.7 Å². The Morgan fingerprint density at radius 3 is 2.50 bits per heavy atom. The maximum absolute atomic E-state index is 9.37. The van der Waals surface area contributed by atoms with Crippen molar-refractivity contribution in [3.05, 3.63) is 48.0 Å². The number of hydrogen-bond donors (Lipinski definition) is 1. The van der Waals surface area contributed by atoms with Gasteiger partial charge in [-0.3, -0.25) is 0 Å². The van der Waals surface area contributed by atoms with E-state index in [-0.39, 0.29) is 0 Å². The summed E-state index contributed by atoms with van der Waals surface area (Å²) < 4.78 is 0. The third-order valence-electron chi connectivity index (χ3n) is 4.04. The normalized spacial score (nSPS) is 14.0. The summed E-state index contributed by atoms with van der Waals surface area (Å²) in [5.41, 5.74) is 5.03. The number of fused-ring (bicyclic) bond motifs is 1. The fourth-order valence-electron chi connectivity index (χ4n) is 2.81. The summed E-state index contributed by atoms with van der Waals surface area (Å²) in [6.07, 6.45) is 2.37. The fraction of sp³-hybridized carbons (Fsp3) is 0.294. The number of phenolic OH excluding ortho intramolecular Hbond substituents is 1. The number of rotatable bonds is 2. The van der Waals surface area contributed by atoms with Crippen molar-refractivity contribution in [1.29, 1.82) is 0 Å². The van der Waals surface area contributed by atoms with Gasteiger partial charge in [-0.25, -0.2) is 0 Å². The number of anilines is 3. The molecule has 1 aliphatic heterocycles. The lowest BCUT2D eigenvalue weighted by atomic mass is 10.0. The molecule has 2 aromatic carbocycles. The number of aryl methyl sites for hydroxylation is 1. The van der Waals surface area contributed by atoms with Gasteiger partial charge in [-0.15, -0.1) is 0 Å². The Balaban J connectivity index is 1.92. The highest BCUT2D eigenvalue weighted by Crippen LogP contribution is 2.32. The molecule has 1 heterocycles. The standard InChI is InChI=1S/C17H20N2O/c1-18-11-3-4-13-12-15(7-10-17(13)18)19(2)14-5-8-16(20)9-6-14/h5-10,12,20H,3-4,11H2,1-2H3. The second kappa shape index (κ2) is 5.08. The number of benzene rings is 2. The molecule has 0 fully saturated rings. The van der Waals surface area contributed by atoms with Crippen LogP contribution in [0.4, 0.5) is 17.1 Å². The predicted octanol–water partition coefficient (Wildman–Crippen LogP) is 3.54. The Bertz CT molecular complexity index is 607. The average Bonchev–Trinajstić information content (AvgIpc) is 2.47. The first kappa shape index (κ1) is 12.9. The van der Waals surface area contributed by atoms with Gasteiger partial charge in [0.2, 0.25) is 0 Å². The molecule has 0 spiro atoms. The van der Waals surface area contributed by atoms with E-state index in [1.54, 1.807) is 12.1 Å². The number of hydrogen-bond acceptors (Lipinski definition) is 3. The second-order valence-electron chi connectivity index (χ2n) is 5.41. The molecule has 0 bridgehead atoms. The minimum atomic E-state index is 0.300. The summed E-state index contributed by atoms with van der Waals surface area (Å²) in [5.74, 6) is 0.300. The summed E-state index contributed by atoms with van der Waals surface area (Å²) in [6, 6.07) is 13.9. The molecule has 0 aromatic heterocycles. The molecule has 0 saturated heterocycles. The van der Waals surface area contributed by atoms with Crippen molar-refractivity contribution < 1.29 is 5.11 Å². The zero-order valence-corrected chi connectivity index (χ0v) is 12.0. The van der Waals surface area contributed by atoms with E-state index in [2.05, 4.69) is 42.1 Å². The van der Waals surface area contributed by atoms with Crippen molar-refractivity contribution in [3.63, 3.8) is 0 Å². The van der Waals surface area contributed by atoms with Crippen molar-refractivity contribution in [3.8, 4) is 5.75 Å². The van der Waals surface area contributed by atoms with Crippen LogP contribution in [0.25, 0.3) is 0 Å². The smallest absolute Gasteiger partial charge is 0.115 e. The van der Waals surface area contributed by atoms with Crippen molar-refractivity contribution in [2.45, 2.75) is 12.8 Å². The van der Waals surface area contributed by atoms with Gasteiger partial charge in [0, 0.05) is 37.7 Å². The minimum Gasteiger partial charge on any atom is -0.508 e. The molecule has 1 aliphatic rings. The van der Waals surface area contributed by atoms with Crippen molar-refractivity contribution in [2.75, 3.05) is 30.4 Å². The Morgan fingerprint density at radius 1 is 1.05 bits per heavy atom. The van der Waals surface area contributed by atoms with Crippen LogP contribution in [0.5, 0.6) is 5.75 Å². The summed E-state index contributed by atoms with van der Waals surface area (Å²) >= 11 is 0. The third kappa shape index (κ3) is 2.31. The van der Waals surface area contributed by atoms with Crippen LogP contribution in [-0.2, 0) is 6.42 Å². The first-order valence-electron chi connectivity index (χ1n) is 7.02. The van der Waals surface area contributed by atoms with E-state index in [0.717, 1.165) is 18.7 Å². The van der Waals surface area contributed by atoms with Gasteiger partial charge in [0.15, 0.2) is 0 Å². The zero-order chi connectivity index (χ0) is 14.1. The van der Waals surface area contributed by atoms with Gasteiger partial charge in [0.1, 0.15) is 5.75 Å².